The van der Waals surface area contributed by atoms with Gasteiger partial charge in [-0.1, -0.05) is 18.2 Å². The second kappa shape index (κ2) is 9.69. The number of para-hydroxylation sites is 1. The number of aromatic nitrogens is 3. The lowest BCUT2D eigenvalue weighted by Gasteiger charge is -2.36. The molecule has 35 heavy (non-hydrogen) atoms. The number of carbonyl (C=O) groups is 2. The van der Waals surface area contributed by atoms with E-state index in [2.05, 4.69) is 25.2 Å². The van der Waals surface area contributed by atoms with E-state index in [1.54, 1.807) is 11.1 Å². The van der Waals surface area contributed by atoms with Gasteiger partial charge >= 0.3 is 0 Å². The van der Waals surface area contributed by atoms with Gasteiger partial charge in [-0.25, -0.2) is 15.0 Å². The van der Waals surface area contributed by atoms with Crippen molar-refractivity contribution in [3.63, 3.8) is 0 Å². The smallest absolute Gasteiger partial charge is 0.228 e. The summed E-state index contributed by atoms with van der Waals surface area (Å²) in [4.78, 5) is 45.0. The summed E-state index contributed by atoms with van der Waals surface area (Å²) in [6.45, 7) is 6.87. The zero-order chi connectivity index (χ0) is 24.4. The number of benzene rings is 1. The zero-order valence-corrected chi connectivity index (χ0v) is 20.0. The number of hydrogen-bond donors (Lipinski definition) is 1. The largest absolute Gasteiger partial charge is 0.353 e. The fraction of sp³-hybridized carbons (Fsp3) is 0.346. The van der Waals surface area contributed by atoms with Crippen LogP contribution >= 0.6 is 0 Å². The summed E-state index contributed by atoms with van der Waals surface area (Å²) < 4.78 is 0. The Kier molecular flexibility index (Phi) is 6.31. The Morgan fingerprint density at radius 3 is 2.49 bits per heavy atom. The van der Waals surface area contributed by atoms with E-state index in [-0.39, 0.29) is 24.2 Å². The molecule has 2 aliphatic rings. The van der Waals surface area contributed by atoms with Crippen LogP contribution in [0.25, 0.3) is 0 Å². The van der Waals surface area contributed by atoms with E-state index in [0.29, 0.717) is 44.4 Å². The number of hydrogen-bond acceptors (Lipinski definition) is 7. The molecule has 4 heterocycles. The summed E-state index contributed by atoms with van der Waals surface area (Å²) in [5.74, 6) is 2.69. The van der Waals surface area contributed by atoms with Crippen LogP contribution < -0.4 is 15.1 Å². The summed E-state index contributed by atoms with van der Waals surface area (Å²) in [6.07, 6.45) is 2.03. The molecule has 9 nitrogen and oxygen atoms in total. The summed E-state index contributed by atoms with van der Waals surface area (Å²) >= 11 is 0. The number of rotatable bonds is 5. The van der Waals surface area contributed by atoms with Crippen LogP contribution in [0.3, 0.4) is 0 Å². The Hall–Kier alpha value is -4.01. The Morgan fingerprint density at radius 1 is 0.971 bits per heavy atom. The molecule has 2 fully saturated rings. The fourth-order valence-corrected chi connectivity index (χ4v) is 4.66. The molecule has 2 amide bonds. The van der Waals surface area contributed by atoms with Gasteiger partial charge in [0.15, 0.2) is 0 Å². The van der Waals surface area contributed by atoms with Gasteiger partial charge < -0.3 is 20.0 Å². The highest BCUT2D eigenvalue weighted by molar-refractivity contribution is 6.00. The molecule has 2 aromatic heterocycles. The molecule has 1 atom stereocenters. The van der Waals surface area contributed by atoms with E-state index in [1.807, 2.05) is 67.3 Å². The van der Waals surface area contributed by atoms with Crippen molar-refractivity contribution >= 4 is 35.0 Å². The maximum absolute atomic E-state index is 13.2. The number of nitrogens with zero attached hydrogens (tertiary/aromatic N) is 6. The second-order valence-electron chi connectivity index (χ2n) is 9.06. The lowest BCUT2D eigenvalue weighted by molar-refractivity contribution is -0.136. The van der Waals surface area contributed by atoms with E-state index in [1.165, 1.54) is 0 Å². The molecule has 0 bridgehead atoms. The number of anilines is 4. The van der Waals surface area contributed by atoms with Gasteiger partial charge in [0.1, 0.15) is 23.3 Å². The predicted octanol–water partition coefficient (Wildman–Crippen LogP) is 2.93. The van der Waals surface area contributed by atoms with Crippen molar-refractivity contribution in [3.8, 4) is 0 Å². The monoisotopic (exact) mass is 471 g/mol. The van der Waals surface area contributed by atoms with Crippen LogP contribution in [0, 0.1) is 19.8 Å². The lowest BCUT2D eigenvalue weighted by Crippen LogP contribution is -2.51. The molecule has 1 aromatic carbocycles. The molecule has 5 rings (SSSR count). The molecule has 1 unspecified atom stereocenters. The first-order chi connectivity index (χ1) is 17.0. The molecule has 2 aliphatic heterocycles. The van der Waals surface area contributed by atoms with E-state index in [4.69, 9.17) is 0 Å². The maximum Gasteiger partial charge on any atom is 0.228 e. The normalized spacial score (nSPS) is 18.2. The van der Waals surface area contributed by atoms with Crippen LogP contribution in [0.1, 0.15) is 17.8 Å². The molecule has 9 heteroatoms. The molecular weight excluding hydrogens is 442 g/mol. The highest BCUT2D eigenvalue weighted by Gasteiger charge is 2.38. The molecule has 1 N–H and O–H groups in total. The molecule has 0 saturated carbocycles. The maximum atomic E-state index is 13.2. The minimum absolute atomic E-state index is 0.00720. The molecule has 0 aliphatic carbocycles. The first-order valence-corrected chi connectivity index (χ1v) is 11.9. The molecular formula is C26H29N7O2. The number of pyridine rings is 1. The zero-order valence-electron chi connectivity index (χ0n) is 20.0. The summed E-state index contributed by atoms with van der Waals surface area (Å²) in [7, 11) is 0. The van der Waals surface area contributed by atoms with Crippen LogP contribution in [0.5, 0.6) is 0 Å². The predicted molar refractivity (Wildman–Crippen MR) is 135 cm³/mol. The number of nitrogens with one attached hydrogen (secondary N) is 1. The van der Waals surface area contributed by atoms with Crippen molar-refractivity contribution in [3.05, 3.63) is 66.1 Å². The van der Waals surface area contributed by atoms with E-state index in [0.717, 1.165) is 22.9 Å². The summed E-state index contributed by atoms with van der Waals surface area (Å²) in [5.41, 5.74) is 1.96. The van der Waals surface area contributed by atoms with Gasteiger partial charge in [-0.2, -0.15) is 0 Å². The van der Waals surface area contributed by atoms with E-state index in [9.17, 15) is 9.59 Å². The number of aryl methyl sites for hydroxylation is 2. The van der Waals surface area contributed by atoms with E-state index >= 15 is 0 Å². The third-order valence-corrected chi connectivity index (χ3v) is 6.45. The van der Waals surface area contributed by atoms with Gasteiger partial charge in [0, 0.05) is 57.1 Å². The standard InChI is InChI=1S/C26H29N7O2/c1-18-8-9-27-22(14-18)30-23-16-24(29-19(2)28-23)31-10-12-32(13-11-31)26(35)20-15-25(34)33(17-20)21-6-4-3-5-7-21/h3-9,14,16,20H,10-13,15,17H2,1-2H3,(H,27,28,29,30). The summed E-state index contributed by atoms with van der Waals surface area (Å²) in [5, 5.41) is 3.26. The van der Waals surface area contributed by atoms with Gasteiger partial charge in [0.25, 0.3) is 0 Å². The minimum Gasteiger partial charge on any atom is -0.353 e. The fourth-order valence-electron chi connectivity index (χ4n) is 4.66. The lowest BCUT2D eigenvalue weighted by atomic mass is 10.1. The first kappa shape index (κ1) is 22.8. The highest BCUT2D eigenvalue weighted by atomic mass is 16.2. The van der Waals surface area contributed by atoms with Crippen molar-refractivity contribution < 1.29 is 9.59 Å². The van der Waals surface area contributed by atoms with Gasteiger partial charge in [0.05, 0.1) is 5.92 Å². The molecule has 180 valence electrons. The second-order valence-corrected chi connectivity index (χ2v) is 9.06. The first-order valence-electron chi connectivity index (χ1n) is 11.9. The van der Waals surface area contributed by atoms with Gasteiger partial charge in [-0.15, -0.1) is 0 Å². The van der Waals surface area contributed by atoms with Gasteiger partial charge in [0.2, 0.25) is 11.8 Å². The van der Waals surface area contributed by atoms with Crippen molar-refractivity contribution in [2.75, 3.05) is 47.8 Å². The average molecular weight is 472 g/mol. The van der Waals surface area contributed by atoms with Crippen molar-refractivity contribution in [1.29, 1.82) is 0 Å². The Balaban J connectivity index is 1.21. The van der Waals surface area contributed by atoms with Gasteiger partial charge in [-0.05, 0) is 43.7 Å². The molecule has 2 saturated heterocycles. The molecule has 3 aromatic rings. The van der Waals surface area contributed by atoms with Crippen LogP contribution in [0.4, 0.5) is 23.1 Å². The Labute approximate surface area is 204 Å². The van der Waals surface area contributed by atoms with Crippen LogP contribution in [-0.2, 0) is 9.59 Å². The van der Waals surface area contributed by atoms with Crippen molar-refractivity contribution in [2.24, 2.45) is 5.92 Å². The third-order valence-electron chi connectivity index (χ3n) is 6.45. The van der Waals surface area contributed by atoms with E-state index < -0.39 is 0 Å². The van der Waals surface area contributed by atoms with Crippen LogP contribution in [0.15, 0.2) is 54.7 Å². The van der Waals surface area contributed by atoms with Crippen LogP contribution in [0.2, 0.25) is 0 Å². The van der Waals surface area contributed by atoms with Crippen molar-refractivity contribution in [1.82, 2.24) is 19.9 Å². The molecule has 0 radical (unpaired) electrons. The van der Waals surface area contributed by atoms with Crippen molar-refractivity contribution in [2.45, 2.75) is 20.3 Å². The number of piperazine rings is 1. The Bertz CT molecular complexity index is 1230. The third kappa shape index (κ3) is 5.08. The average Bonchev–Trinajstić information content (AvgIpc) is 3.25. The Morgan fingerprint density at radius 2 is 1.74 bits per heavy atom. The number of amides is 2. The highest BCUT2D eigenvalue weighted by Crippen LogP contribution is 2.27. The van der Waals surface area contributed by atoms with Gasteiger partial charge in [-0.3, -0.25) is 9.59 Å². The molecule has 0 spiro atoms. The summed E-state index contributed by atoms with van der Waals surface area (Å²) in [6, 6.07) is 15.4. The minimum atomic E-state index is -0.298. The quantitative estimate of drug-likeness (QED) is 0.611. The van der Waals surface area contributed by atoms with Crippen LogP contribution in [-0.4, -0.2) is 64.4 Å². The SMILES string of the molecule is Cc1ccnc(Nc2cc(N3CCN(C(=O)C4CC(=O)N(c5ccccc5)C4)CC3)nc(C)n2)c1. The number of carbonyl (C=O) groups excluding carboxylic acids is 2. The topological polar surface area (TPSA) is 94.6 Å².